The number of hydrogen-bond acceptors (Lipinski definition) is 3. The van der Waals surface area contributed by atoms with Crippen molar-refractivity contribution in [2.45, 2.75) is 32.6 Å². The maximum Gasteiger partial charge on any atom is 0.257 e. The van der Waals surface area contributed by atoms with Crippen LogP contribution in [0.4, 0.5) is 0 Å². The first-order chi connectivity index (χ1) is 13.6. The van der Waals surface area contributed by atoms with Gasteiger partial charge in [-0.2, -0.15) is 5.10 Å². The molecule has 5 nitrogen and oxygen atoms in total. The number of aryl methyl sites for hydroxylation is 1. The third kappa shape index (κ3) is 3.84. The number of Topliss-reactive ketones (excluding diaryl/α,β-unsaturated/α-hetero) is 1. The fraction of sp³-hybridized carbons (Fsp3) is 0.348. The quantitative estimate of drug-likeness (QED) is 0.633. The van der Waals surface area contributed by atoms with E-state index in [0.29, 0.717) is 24.3 Å². The van der Waals surface area contributed by atoms with Crippen molar-refractivity contribution < 1.29 is 9.59 Å². The number of likely N-dealkylation sites (tertiary alicyclic amines) is 1. The van der Waals surface area contributed by atoms with E-state index in [0.717, 1.165) is 36.2 Å². The Kier molecular flexibility index (Phi) is 5.24. The highest BCUT2D eigenvalue weighted by atomic mass is 16.2. The van der Waals surface area contributed by atoms with Gasteiger partial charge in [-0.05, 0) is 42.9 Å². The Labute approximate surface area is 165 Å². The first-order valence-electron chi connectivity index (χ1n) is 9.95. The highest BCUT2D eigenvalue weighted by molar-refractivity contribution is 6.00. The normalized spacial score (nSPS) is 17.0. The predicted molar refractivity (Wildman–Crippen MR) is 109 cm³/mol. The van der Waals surface area contributed by atoms with Gasteiger partial charge in [0.15, 0.2) is 5.78 Å². The second kappa shape index (κ2) is 7.97. The Morgan fingerprint density at radius 2 is 2.00 bits per heavy atom. The first kappa shape index (κ1) is 18.4. The summed E-state index contributed by atoms with van der Waals surface area (Å²) in [7, 11) is 0. The minimum absolute atomic E-state index is 0.0547. The molecule has 0 N–H and O–H groups in total. The Hall–Kier alpha value is -2.95. The van der Waals surface area contributed by atoms with Gasteiger partial charge < -0.3 is 4.90 Å². The van der Waals surface area contributed by atoms with Gasteiger partial charge in [0, 0.05) is 31.3 Å². The number of aromatic nitrogens is 2. The van der Waals surface area contributed by atoms with Gasteiger partial charge in [-0.1, -0.05) is 37.3 Å². The number of hydrogen-bond donors (Lipinski definition) is 0. The summed E-state index contributed by atoms with van der Waals surface area (Å²) >= 11 is 0. The van der Waals surface area contributed by atoms with Crippen molar-refractivity contribution >= 4 is 17.2 Å². The molecule has 3 aromatic rings. The van der Waals surface area contributed by atoms with Crippen LogP contribution >= 0.6 is 0 Å². The van der Waals surface area contributed by atoms with Crippen molar-refractivity contribution in [2.75, 3.05) is 13.1 Å². The zero-order valence-corrected chi connectivity index (χ0v) is 16.2. The van der Waals surface area contributed by atoms with Gasteiger partial charge >= 0.3 is 0 Å². The van der Waals surface area contributed by atoms with E-state index in [-0.39, 0.29) is 11.7 Å². The SMILES string of the molecule is CC1CCCN(C(=O)c2cnn3ccc(CCC(=O)c4ccccc4)cc23)C1. The minimum Gasteiger partial charge on any atom is -0.338 e. The molecule has 0 radical (unpaired) electrons. The molecule has 1 atom stereocenters. The topological polar surface area (TPSA) is 54.7 Å². The number of pyridine rings is 1. The molecule has 1 saturated heterocycles. The summed E-state index contributed by atoms with van der Waals surface area (Å²) < 4.78 is 1.74. The lowest BCUT2D eigenvalue weighted by Crippen LogP contribution is -2.39. The van der Waals surface area contributed by atoms with Crippen molar-refractivity contribution in [2.24, 2.45) is 5.92 Å². The van der Waals surface area contributed by atoms with E-state index in [1.165, 1.54) is 6.42 Å². The smallest absolute Gasteiger partial charge is 0.257 e. The number of carbonyl (C=O) groups is 2. The molecule has 3 heterocycles. The summed E-state index contributed by atoms with van der Waals surface area (Å²) in [5.74, 6) is 0.728. The molecule has 0 aliphatic carbocycles. The lowest BCUT2D eigenvalue weighted by Gasteiger charge is -2.30. The van der Waals surface area contributed by atoms with Crippen molar-refractivity contribution in [1.82, 2.24) is 14.5 Å². The standard InChI is InChI=1S/C23H25N3O2/c1-17-6-5-12-25(16-17)23(28)20-15-24-26-13-11-18(14-21(20)26)9-10-22(27)19-7-3-2-4-8-19/h2-4,7-8,11,13-15,17H,5-6,9-10,12,16H2,1H3. The number of piperidine rings is 1. The van der Waals surface area contributed by atoms with E-state index >= 15 is 0 Å². The second-order valence-electron chi connectivity index (χ2n) is 7.71. The summed E-state index contributed by atoms with van der Waals surface area (Å²) in [6.07, 6.45) is 6.85. The van der Waals surface area contributed by atoms with E-state index in [1.807, 2.05) is 53.6 Å². The molecule has 0 saturated carbocycles. The number of amides is 1. The zero-order valence-electron chi connectivity index (χ0n) is 16.2. The molecule has 1 amide bonds. The predicted octanol–water partition coefficient (Wildman–Crippen LogP) is 4.02. The van der Waals surface area contributed by atoms with Gasteiger partial charge in [-0.15, -0.1) is 0 Å². The number of nitrogens with zero attached hydrogens (tertiary/aromatic N) is 3. The van der Waals surface area contributed by atoms with Crippen LogP contribution in [-0.2, 0) is 6.42 Å². The summed E-state index contributed by atoms with van der Waals surface area (Å²) in [5.41, 5.74) is 3.24. The summed E-state index contributed by atoms with van der Waals surface area (Å²) in [6, 6.07) is 13.3. The van der Waals surface area contributed by atoms with Crippen molar-refractivity contribution in [3.8, 4) is 0 Å². The van der Waals surface area contributed by atoms with Crippen LogP contribution in [0.25, 0.3) is 5.52 Å². The van der Waals surface area contributed by atoms with E-state index in [4.69, 9.17) is 0 Å². The van der Waals surface area contributed by atoms with Crippen molar-refractivity contribution in [3.63, 3.8) is 0 Å². The molecule has 4 rings (SSSR count). The molecule has 28 heavy (non-hydrogen) atoms. The average Bonchev–Trinajstić information content (AvgIpc) is 3.15. The Balaban J connectivity index is 1.51. The van der Waals surface area contributed by atoms with E-state index in [2.05, 4.69) is 12.0 Å². The molecule has 0 bridgehead atoms. The van der Waals surface area contributed by atoms with E-state index < -0.39 is 0 Å². The van der Waals surface area contributed by atoms with Gasteiger partial charge in [0.1, 0.15) is 0 Å². The van der Waals surface area contributed by atoms with Gasteiger partial charge in [-0.25, -0.2) is 4.52 Å². The number of fused-ring (bicyclic) bond motifs is 1. The minimum atomic E-state index is 0.0547. The van der Waals surface area contributed by atoms with Crippen LogP contribution in [0.2, 0.25) is 0 Å². The Morgan fingerprint density at radius 3 is 2.79 bits per heavy atom. The van der Waals surface area contributed by atoms with Gasteiger partial charge in [0.2, 0.25) is 0 Å². The highest BCUT2D eigenvalue weighted by Crippen LogP contribution is 2.21. The van der Waals surface area contributed by atoms with Crippen molar-refractivity contribution in [1.29, 1.82) is 0 Å². The van der Waals surface area contributed by atoms with E-state index in [9.17, 15) is 9.59 Å². The molecule has 5 heteroatoms. The molecule has 1 aromatic carbocycles. The molecule has 1 unspecified atom stereocenters. The number of ketones is 1. The average molecular weight is 375 g/mol. The molecule has 144 valence electrons. The Morgan fingerprint density at radius 1 is 1.18 bits per heavy atom. The number of benzene rings is 1. The summed E-state index contributed by atoms with van der Waals surface area (Å²) in [5, 5.41) is 4.34. The second-order valence-corrected chi connectivity index (χ2v) is 7.71. The molecular weight excluding hydrogens is 350 g/mol. The van der Waals surface area contributed by atoms with Crippen LogP contribution in [0.3, 0.4) is 0 Å². The van der Waals surface area contributed by atoms with Gasteiger partial charge in [0.25, 0.3) is 5.91 Å². The lowest BCUT2D eigenvalue weighted by molar-refractivity contribution is 0.0685. The molecule has 1 aliphatic rings. The van der Waals surface area contributed by atoms with Crippen LogP contribution in [0.15, 0.2) is 54.9 Å². The van der Waals surface area contributed by atoms with Gasteiger partial charge in [-0.3, -0.25) is 9.59 Å². The highest BCUT2D eigenvalue weighted by Gasteiger charge is 2.24. The van der Waals surface area contributed by atoms with E-state index in [1.54, 1.807) is 10.7 Å². The molecule has 2 aromatic heterocycles. The fourth-order valence-corrected chi connectivity index (χ4v) is 3.92. The monoisotopic (exact) mass is 375 g/mol. The van der Waals surface area contributed by atoms with Crippen LogP contribution in [0.1, 0.15) is 52.5 Å². The van der Waals surface area contributed by atoms with Crippen LogP contribution < -0.4 is 0 Å². The fourth-order valence-electron chi connectivity index (χ4n) is 3.92. The maximum atomic E-state index is 13.0. The summed E-state index contributed by atoms with van der Waals surface area (Å²) in [4.78, 5) is 27.3. The first-order valence-corrected chi connectivity index (χ1v) is 9.95. The molecule has 1 aliphatic heterocycles. The number of rotatable bonds is 5. The zero-order chi connectivity index (χ0) is 19.5. The van der Waals surface area contributed by atoms with Gasteiger partial charge in [0.05, 0.1) is 17.3 Å². The third-order valence-corrected chi connectivity index (χ3v) is 5.50. The molecule has 1 fully saturated rings. The lowest BCUT2D eigenvalue weighted by atomic mass is 9.99. The molecule has 0 spiro atoms. The van der Waals surface area contributed by atoms with Crippen LogP contribution in [0, 0.1) is 5.92 Å². The number of carbonyl (C=O) groups excluding carboxylic acids is 2. The van der Waals surface area contributed by atoms with Crippen LogP contribution in [0.5, 0.6) is 0 Å². The molecular formula is C23H25N3O2. The van der Waals surface area contributed by atoms with Crippen molar-refractivity contribution in [3.05, 3.63) is 71.5 Å². The van der Waals surface area contributed by atoms with Crippen LogP contribution in [-0.4, -0.2) is 39.3 Å². The summed E-state index contributed by atoms with van der Waals surface area (Å²) in [6.45, 7) is 3.81. The largest absolute Gasteiger partial charge is 0.338 e. The maximum absolute atomic E-state index is 13.0. The third-order valence-electron chi connectivity index (χ3n) is 5.50. The Bertz CT molecular complexity index is 994.